The van der Waals surface area contributed by atoms with Gasteiger partial charge in [0.1, 0.15) is 0 Å². The molecule has 4 unspecified atom stereocenters. The van der Waals surface area contributed by atoms with Gasteiger partial charge in [0.05, 0.1) is 0 Å². The summed E-state index contributed by atoms with van der Waals surface area (Å²) < 4.78 is 0. The lowest BCUT2D eigenvalue weighted by Gasteiger charge is -2.24. The average molecular weight is 381 g/mol. The third-order valence-corrected chi connectivity index (χ3v) is 6.43. The summed E-state index contributed by atoms with van der Waals surface area (Å²) in [4.78, 5) is 0. The maximum absolute atomic E-state index is 2.12. The molecule has 0 aromatic carbocycles. The van der Waals surface area contributed by atoms with E-state index in [4.69, 9.17) is 0 Å². The first-order valence-electron chi connectivity index (χ1n) is 13.2. The van der Waals surface area contributed by atoms with Crippen LogP contribution in [-0.4, -0.2) is 0 Å². The van der Waals surface area contributed by atoms with Crippen LogP contribution in [0.2, 0.25) is 0 Å². The van der Waals surface area contributed by atoms with Crippen LogP contribution in [0.15, 0.2) is 0 Å². The van der Waals surface area contributed by atoms with Gasteiger partial charge in [0.15, 0.2) is 0 Å². The van der Waals surface area contributed by atoms with Gasteiger partial charge in [-0.3, -0.25) is 0 Å². The molecule has 0 heterocycles. The summed E-state index contributed by atoms with van der Waals surface area (Å²) in [6, 6.07) is 0. The third kappa shape index (κ3) is 13.0. The standard InChI is InChI=1S/2C9H16.3C3H8/c2*1-2-5-9-7-3-6-8(9)4-1;3*1-3-2/h2*8-9H,1-7H2;3*3H2,1-2H3. The van der Waals surface area contributed by atoms with Gasteiger partial charge in [-0.25, -0.2) is 0 Å². The molecule has 0 spiro atoms. The zero-order valence-corrected chi connectivity index (χ0v) is 20.3. The minimum Gasteiger partial charge on any atom is -0.0656 e. The van der Waals surface area contributed by atoms with E-state index < -0.39 is 0 Å². The van der Waals surface area contributed by atoms with Gasteiger partial charge in [0.25, 0.3) is 0 Å². The second kappa shape index (κ2) is 19.3. The van der Waals surface area contributed by atoms with Crippen molar-refractivity contribution in [2.45, 2.75) is 151 Å². The van der Waals surface area contributed by atoms with E-state index in [-0.39, 0.29) is 0 Å². The van der Waals surface area contributed by atoms with Crippen molar-refractivity contribution in [1.82, 2.24) is 0 Å². The summed E-state index contributed by atoms with van der Waals surface area (Å²) in [6.07, 6.45) is 25.4. The zero-order valence-electron chi connectivity index (χ0n) is 20.3. The molecule has 4 saturated carbocycles. The maximum atomic E-state index is 2.12. The molecule has 27 heavy (non-hydrogen) atoms. The Bertz CT molecular complexity index is 227. The molecule has 0 amide bonds. The van der Waals surface area contributed by atoms with Crippen LogP contribution in [0, 0.1) is 23.7 Å². The number of hydrogen-bond donors (Lipinski definition) is 0. The molecule has 0 bridgehead atoms. The van der Waals surface area contributed by atoms with E-state index in [9.17, 15) is 0 Å². The van der Waals surface area contributed by atoms with Gasteiger partial charge in [-0.05, 0) is 23.7 Å². The van der Waals surface area contributed by atoms with Gasteiger partial charge < -0.3 is 0 Å². The highest BCUT2D eigenvalue weighted by atomic mass is 14.3. The smallest absolute Gasteiger partial charge is 0.0386 e. The molecule has 0 aliphatic heterocycles. The second-order valence-corrected chi connectivity index (χ2v) is 9.59. The lowest BCUT2D eigenvalue weighted by molar-refractivity contribution is 0.277. The molecule has 0 aromatic heterocycles. The van der Waals surface area contributed by atoms with E-state index in [2.05, 4.69) is 41.5 Å². The van der Waals surface area contributed by atoms with E-state index in [0.29, 0.717) is 0 Å². The van der Waals surface area contributed by atoms with Crippen LogP contribution in [0.5, 0.6) is 0 Å². The Morgan fingerprint density at radius 3 is 0.667 bits per heavy atom. The van der Waals surface area contributed by atoms with E-state index in [1.54, 1.807) is 51.4 Å². The predicted octanol–water partition coefficient (Wildman–Crippen LogP) is 10.2. The summed E-state index contributed by atoms with van der Waals surface area (Å²) in [7, 11) is 0. The fraction of sp³-hybridized carbons (Fsp3) is 1.00. The molecule has 0 saturated heterocycles. The molecular formula is C27H56. The fourth-order valence-corrected chi connectivity index (χ4v) is 5.37. The van der Waals surface area contributed by atoms with Crippen molar-refractivity contribution in [1.29, 1.82) is 0 Å². The van der Waals surface area contributed by atoms with E-state index >= 15 is 0 Å². The van der Waals surface area contributed by atoms with Crippen molar-refractivity contribution in [3.8, 4) is 0 Å². The molecule has 4 fully saturated rings. The fourth-order valence-electron chi connectivity index (χ4n) is 5.37. The second-order valence-electron chi connectivity index (χ2n) is 9.59. The maximum Gasteiger partial charge on any atom is -0.0386 e. The summed E-state index contributed by atoms with van der Waals surface area (Å²) >= 11 is 0. The molecule has 164 valence electrons. The molecule has 0 heteroatoms. The van der Waals surface area contributed by atoms with Crippen molar-refractivity contribution < 1.29 is 0 Å². The highest BCUT2D eigenvalue weighted by Crippen LogP contribution is 2.42. The highest BCUT2D eigenvalue weighted by Gasteiger charge is 2.29. The Hall–Kier alpha value is 0. The van der Waals surface area contributed by atoms with E-state index in [1.165, 1.54) is 81.5 Å². The molecule has 0 N–H and O–H groups in total. The highest BCUT2D eigenvalue weighted by molar-refractivity contribution is 4.81. The monoisotopic (exact) mass is 380 g/mol. The van der Waals surface area contributed by atoms with Crippen LogP contribution < -0.4 is 0 Å². The Morgan fingerprint density at radius 2 is 0.481 bits per heavy atom. The first-order valence-corrected chi connectivity index (χ1v) is 13.2. The van der Waals surface area contributed by atoms with Gasteiger partial charge in [-0.2, -0.15) is 0 Å². The van der Waals surface area contributed by atoms with E-state index in [0.717, 1.165) is 0 Å². The van der Waals surface area contributed by atoms with Crippen LogP contribution in [0.3, 0.4) is 0 Å². The number of rotatable bonds is 0. The van der Waals surface area contributed by atoms with Crippen molar-refractivity contribution in [3.63, 3.8) is 0 Å². The molecular weight excluding hydrogens is 324 g/mol. The summed E-state index contributed by atoms with van der Waals surface area (Å²) in [6.45, 7) is 12.8. The molecule has 4 aliphatic carbocycles. The minimum atomic E-state index is 1.17. The van der Waals surface area contributed by atoms with Crippen molar-refractivity contribution in [3.05, 3.63) is 0 Å². The van der Waals surface area contributed by atoms with Crippen molar-refractivity contribution in [2.24, 2.45) is 23.7 Å². The van der Waals surface area contributed by atoms with Crippen LogP contribution in [0.25, 0.3) is 0 Å². The Balaban J connectivity index is 0.000000354. The van der Waals surface area contributed by atoms with Crippen LogP contribution in [0.4, 0.5) is 0 Å². The zero-order chi connectivity index (χ0) is 20.3. The third-order valence-electron chi connectivity index (χ3n) is 6.43. The van der Waals surface area contributed by atoms with Gasteiger partial charge in [-0.1, -0.05) is 151 Å². The van der Waals surface area contributed by atoms with Crippen molar-refractivity contribution in [2.75, 3.05) is 0 Å². The Morgan fingerprint density at radius 1 is 0.333 bits per heavy atom. The van der Waals surface area contributed by atoms with Crippen LogP contribution in [-0.2, 0) is 0 Å². The quantitative estimate of drug-likeness (QED) is 0.392. The van der Waals surface area contributed by atoms with Crippen LogP contribution in [0.1, 0.15) is 151 Å². The van der Waals surface area contributed by atoms with Gasteiger partial charge >= 0.3 is 0 Å². The molecule has 4 aliphatic rings. The topological polar surface area (TPSA) is 0 Å². The minimum absolute atomic E-state index is 1.17. The normalized spacial score (nSPS) is 30.4. The van der Waals surface area contributed by atoms with E-state index in [1.807, 2.05) is 0 Å². The lowest BCUT2D eigenvalue weighted by atomic mass is 9.82. The molecule has 0 aromatic rings. The summed E-state index contributed by atoms with van der Waals surface area (Å²) in [5.41, 5.74) is 0. The van der Waals surface area contributed by atoms with Crippen molar-refractivity contribution >= 4 is 0 Å². The Kier molecular flexibility index (Phi) is 19.3. The number of hydrogen-bond acceptors (Lipinski definition) is 0. The SMILES string of the molecule is C1CCC2CCCC2C1.C1CCC2CCCC2C1.CCC.CCC.CCC. The predicted molar refractivity (Wildman–Crippen MR) is 126 cm³/mol. The summed E-state index contributed by atoms with van der Waals surface area (Å²) in [5.74, 6) is 4.66. The van der Waals surface area contributed by atoms with Gasteiger partial charge in [0, 0.05) is 0 Å². The molecule has 0 radical (unpaired) electrons. The average Bonchev–Trinajstić information content (AvgIpc) is 3.33. The Labute approximate surface area is 174 Å². The summed E-state index contributed by atoms with van der Waals surface area (Å²) in [5, 5.41) is 0. The first kappa shape index (κ1) is 27.0. The molecule has 4 rings (SSSR count). The number of fused-ring (bicyclic) bond motifs is 2. The van der Waals surface area contributed by atoms with Gasteiger partial charge in [-0.15, -0.1) is 0 Å². The first-order chi connectivity index (χ1) is 13.2. The van der Waals surface area contributed by atoms with Gasteiger partial charge in [0.2, 0.25) is 0 Å². The molecule has 0 nitrogen and oxygen atoms in total. The lowest BCUT2D eigenvalue weighted by Crippen LogP contribution is -2.12. The van der Waals surface area contributed by atoms with Crippen LogP contribution >= 0.6 is 0 Å². The molecule has 4 atom stereocenters. The largest absolute Gasteiger partial charge is 0.0656 e.